The molecule has 7 nitrogen and oxygen atoms in total. The van der Waals surface area contributed by atoms with Crippen LogP contribution in [0, 0.1) is 5.92 Å². The first-order valence-corrected chi connectivity index (χ1v) is 7.40. The van der Waals surface area contributed by atoms with Crippen molar-refractivity contribution in [3.05, 3.63) is 24.3 Å². The van der Waals surface area contributed by atoms with E-state index in [1.54, 1.807) is 24.3 Å². The molecule has 3 N–H and O–H groups in total. The van der Waals surface area contributed by atoms with Gasteiger partial charge in [-0.1, -0.05) is 20.3 Å². The molecule has 23 heavy (non-hydrogen) atoms. The first-order chi connectivity index (χ1) is 10.9. The third kappa shape index (κ3) is 5.98. The third-order valence-corrected chi connectivity index (χ3v) is 3.42. The van der Waals surface area contributed by atoms with E-state index in [-0.39, 0.29) is 11.8 Å². The molecule has 0 bridgehead atoms. The van der Waals surface area contributed by atoms with Crippen LogP contribution in [0.4, 0.5) is 16.2 Å². The van der Waals surface area contributed by atoms with Gasteiger partial charge in [-0.2, -0.15) is 0 Å². The Balaban J connectivity index is 2.67. The maximum atomic E-state index is 12.0. The van der Waals surface area contributed by atoms with Crippen LogP contribution in [0.2, 0.25) is 0 Å². The summed E-state index contributed by atoms with van der Waals surface area (Å²) >= 11 is 0. The van der Waals surface area contributed by atoms with Crippen LogP contribution in [0.3, 0.4) is 0 Å². The van der Waals surface area contributed by atoms with Gasteiger partial charge >= 0.3 is 12.0 Å². The number of ether oxygens (including phenoxy) is 1. The maximum absolute atomic E-state index is 12.0. The van der Waals surface area contributed by atoms with Crippen molar-refractivity contribution in [2.45, 2.75) is 33.2 Å². The second kappa shape index (κ2) is 8.77. The zero-order valence-corrected chi connectivity index (χ0v) is 13.8. The Morgan fingerprint density at radius 3 is 2.04 bits per heavy atom. The van der Waals surface area contributed by atoms with Gasteiger partial charge in [0.1, 0.15) is 6.04 Å². The minimum absolute atomic E-state index is 0.0460. The molecule has 0 fully saturated rings. The summed E-state index contributed by atoms with van der Waals surface area (Å²) in [5.41, 5.74) is 1.18. The van der Waals surface area contributed by atoms with E-state index in [1.165, 1.54) is 14.0 Å². The quantitative estimate of drug-likeness (QED) is 0.701. The van der Waals surface area contributed by atoms with E-state index >= 15 is 0 Å². The van der Waals surface area contributed by atoms with E-state index in [0.29, 0.717) is 11.4 Å². The topological polar surface area (TPSA) is 96.5 Å². The van der Waals surface area contributed by atoms with E-state index in [0.717, 1.165) is 6.42 Å². The Hall–Kier alpha value is -2.57. The number of benzene rings is 1. The van der Waals surface area contributed by atoms with Crippen LogP contribution in [-0.2, 0) is 14.3 Å². The fourth-order valence-electron chi connectivity index (χ4n) is 1.94. The minimum atomic E-state index is -0.705. The second-order valence-electron chi connectivity index (χ2n) is 5.24. The fourth-order valence-corrected chi connectivity index (χ4v) is 1.94. The number of anilines is 2. The summed E-state index contributed by atoms with van der Waals surface area (Å²) < 4.78 is 4.72. The number of esters is 1. The van der Waals surface area contributed by atoms with Crippen molar-refractivity contribution in [2.24, 2.45) is 5.92 Å². The summed E-state index contributed by atoms with van der Waals surface area (Å²) in [5, 5.41) is 7.89. The van der Waals surface area contributed by atoms with Gasteiger partial charge in [-0.3, -0.25) is 4.79 Å². The molecule has 3 amide bonds. The summed E-state index contributed by atoms with van der Waals surface area (Å²) in [4.78, 5) is 34.7. The predicted molar refractivity (Wildman–Crippen MR) is 88.2 cm³/mol. The molecule has 0 aliphatic rings. The van der Waals surface area contributed by atoms with Crippen molar-refractivity contribution < 1.29 is 19.1 Å². The molecule has 0 saturated carbocycles. The maximum Gasteiger partial charge on any atom is 0.328 e. The number of methoxy groups -OCH3 is 1. The van der Waals surface area contributed by atoms with Crippen LogP contribution in [0.25, 0.3) is 0 Å². The lowest BCUT2D eigenvalue weighted by molar-refractivity contribution is -0.144. The predicted octanol–water partition coefficient (Wildman–Crippen LogP) is 2.35. The number of hydrogen-bond donors (Lipinski definition) is 3. The first-order valence-electron chi connectivity index (χ1n) is 7.40. The monoisotopic (exact) mass is 321 g/mol. The first kappa shape index (κ1) is 18.5. The van der Waals surface area contributed by atoms with Gasteiger partial charge in [-0.25, -0.2) is 9.59 Å². The molecule has 0 unspecified atom stereocenters. The minimum Gasteiger partial charge on any atom is -0.467 e. The molecule has 0 aliphatic carbocycles. The van der Waals surface area contributed by atoms with E-state index in [2.05, 4.69) is 16.0 Å². The summed E-state index contributed by atoms with van der Waals surface area (Å²) in [7, 11) is 1.29. The Kier molecular flexibility index (Phi) is 7.05. The van der Waals surface area contributed by atoms with Crippen LogP contribution in [0.5, 0.6) is 0 Å². The summed E-state index contributed by atoms with van der Waals surface area (Å²) in [5.74, 6) is -0.691. The highest BCUT2D eigenvalue weighted by Gasteiger charge is 2.26. The van der Waals surface area contributed by atoms with Crippen LogP contribution >= 0.6 is 0 Å². The molecular formula is C16H23N3O4. The lowest BCUT2D eigenvalue weighted by Gasteiger charge is -2.22. The van der Waals surface area contributed by atoms with Crippen molar-refractivity contribution in [3.8, 4) is 0 Å². The van der Waals surface area contributed by atoms with Crippen molar-refractivity contribution in [3.63, 3.8) is 0 Å². The Morgan fingerprint density at radius 1 is 1.09 bits per heavy atom. The highest BCUT2D eigenvalue weighted by molar-refractivity contribution is 5.93. The van der Waals surface area contributed by atoms with E-state index in [4.69, 9.17) is 4.74 Å². The molecule has 1 aromatic carbocycles. The molecule has 2 atom stereocenters. The smallest absolute Gasteiger partial charge is 0.328 e. The van der Waals surface area contributed by atoms with Crippen LogP contribution in [-0.4, -0.2) is 31.1 Å². The number of carbonyl (C=O) groups excluding carboxylic acids is 3. The molecule has 7 heteroatoms. The van der Waals surface area contributed by atoms with Gasteiger partial charge in [-0.15, -0.1) is 0 Å². The summed E-state index contributed by atoms with van der Waals surface area (Å²) in [6, 6.07) is 5.45. The molecule has 0 heterocycles. The molecular weight excluding hydrogens is 298 g/mol. The zero-order valence-electron chi connectivity index (χ0n) is 13.8. The molecule has 0 radical (unpaired) electrons. The van der Waals surface area contributed by atoms with Gasteiger partial charge in [-0.05, 0) is 30.2 Å². The number of amides is 3. The number of hydrogen-bond acceptors (Lipinski definition) is 4. The average Bonchev–Trinajstić information content (AvgIpc) is 2.52. The Morgan fingerprint density at radius 2 is 1.61 bits per heavy atom. The third-order valence-electron chi connectivity index (χ3n) is 3.42. The van der Waals surface area contributed by atoms with Crippen LogP contribution < -0.4 is 16.0 Å². The van der Waals surface area contributed by atoms with Crippen molar-refractivity contribution in [1.82, 2.24) is 5.32 Å². The van der Waals surface area contributed by atoms with Gasteiger partial charge < -0.3 is 20.7 Å². The number of urea groups is 1. The molecule has 0 aromatic heterocycles. The largest absolute Gasteiger partial charge is 0.467 e. The summed E-state index contributed by atoms with van der Waals surface area (Å²) in [6.07, 6.45) is 0.728. The Labute approximate surface area is 135 Å². The number of rotatable bonds is 6. The molecule has 0 aliphatic heterocycles. The normalized spacial score (nSPS) is 12.7. The van der Waals surface area contributed by atoms with Crippen molar-refractivity contribution >= 4 is 29.3 Å². The van der Waals surface area contributed by atoms with Gasteiger partial charge in [0, 0.05) is 18.3 Å². The average molecular weight is 321 g/mol. The van der Waals surface area contributed by atoms with Gasteiger partial charge in [0.15, 0.2) is 0 Å². The SMILES string of the molecule is CC[C@H](C)[C@H](NC(=O)Nc1ccc(NC(C)=O)cc1)C(=O)OC. The molecule has 1 rings (SSSR count). The fraction of sp³-hybridized carbons (Fsp3) is 0.438. The highest BCUT2D eigenvalue weighted by atomic mass is 16.5. The lowest BCUT2D eigenvalue weighted by atomic mass is 9.99. The van der Waals surface area contributed by atoms with Crippen LogP contribution in [0.1, 0.15) is 27.2 Å². The highest BCUT2D eigenvalue weighted by Crippen LogP contribution is 2.14. The Bertz CT molecular complexity index is 557. The molecule has 1 aromatic rings. The molecule has 0 saturated heterocycles. The summed E-state index contributed by atoms with van der Waals surface area (Å²) in [6.45, 7) is 5.21. The lowest BCUT2D eigenvalue weighted by Crippen LogP contribution is -2.47. The van der Waals surface area contributed by atoms with E-state index in [9.17, 15) is 14.4 Å². The van der Waals surface area contributed by atoms with Crippen molar-refractivity contribution in [2.75, 3.05) is 17.7 Å². The number of nitrogens with one attached hydrogen (secondary N) is 3. The van der Waals surface area contributed by atoms with Gasteiger partial charge in [0.25, 0.3) is 0 Å². The standard InChI is InChI=1S/C16H23N3O4/c1-5-10(2)14(15(21)23-4)19-16(22)18-13-8-6-12(7-9-13)17-11(3)20/h6-10,14H,5H2,1-4H3,(H,17,20)(H2,18,19,22)/t10-,14-/m0/s1. The number of carbonyl (C=O) groups is 3. The van der Waals surface area contributed by atoms with Gasteiger partial charge in [0.2, 0.25) is 5.91 Å². The van der Waals surface area contributed by atoms with Crippen molar-refractivity contribution in [1.29, 1.82) is 0 Å². The second-order valence-corrected chi connectivity index (χ2v) is 5.24. The van der Waals surface area contributed by atoms with E-state index < -0.39 is 18.0 Å². The van der Waals surface area contributed by atoms with Gasteiger partial charge in [0.05, 0.1) is 7.11 Å². The molecule has 0 spiro atoms. The van der Waals surface area contributed by atoms with Crippen LogP contribution in [0.15, 0.2) is 24.3 Å². The zero-order chi connectivity index (χ0) is 17.4. The van der Waals surface area contributed by atoms with E-state index in [1.807, 2.05) is 13.8 Å². The molecule has 126 valence electrons.